The molecule has 0 saturated carbocycles. The standard InChI is InChI=1S/C35H25FN4O2/c36-28-19-16-23(17-20-28)33-37-22-24-18-21-29-31(34(41)42)39-40(32(29)30(24)38-33)35(25-10-4-1-5-11-25,26-12-6-2-7-13-26)27-14-8-3-9-15-27/h1-17,19-20,22H,18,21H2,(H,41,42). The summed E-state index contributed by atoms with van der Waals surface area (Å²) in [5.41, 5.74) is 5.19. The molecule has 2 aromatic heterocycles. The molecule has 0 radical (unpaired) electrons. The van der Waals surface area contributed by atoms with Gasteiger partial charge >= 0.3 is 5.97 Å². The number of aromatic nitrogens is 4. The molecule has 6 nitrogen and oxygen atoms in total. The fourth-order valence-corrected chi connectivity index (χ4v) is 6.04. The second-order valence-corrected chi connectivity index (χ2v) is 10.3. The molecule has 0 unspecified atom stereocenters. The quantitative estimate of drug-likeness (QED) is 0.230. The second-order valence-electron chi connectivity index (χ2n) is 10.3. The fraction of sp³-hybridized carbons (Fsp3) is 0.0857. The van der Waals surface area contributed by atoms with E-state index in [0.29, 0.717) is 41.2 Å². The van der Waals surface area contributed by atoms with Crippen LogP contribution in [0.3, 0.4) is 0 Å². The summed E-state index contributed by atoms with van der Waals surface area (Å²) in [6.45, 7) is 0. The molecule has 0 atom stereocenters. The Labute approximate surface area is 241 Å². The molecule has 204 valence electrons. The smallest absolute Gasteiger partial charge is 0.356 e. The summed E-state index contributed by atoms with van der Waals surface area (Å²) in [6, 6.07) is 36.1. The molecule has 0 spiro atoms. The van der Waals surface area contributed by atoms with Crippen LogP contribution in [0.25, 0.3) is 22.8 Å². The summed E-state index contributed by atoms with van der Waals surface area (Å²) >= 11 is 0. The number of fused-ring (bicyclic) bond motifs is 3. The lowest BCUT2D eigenvalue weighted by molar-refractivity contribution is 0.0687. The monoisotopic (exact) mass is 552 g/mol. The number of hydrogen-bond donors (Lipinski definition) is 1. The van der Waals surface area contributed by atoms with Crippen molar-refractivity contribution in [1.82, 2.24) is 19.7 Å². The van der Waals surface area contributed by atoms with Crippen molar-refractivity contribution < 1.29 is 14.3 Å². The van der Waals surface area contributed by atoms with Crippen LogP contribution >= 0.6 is 0 Å². The molecule has 1 N–H and O–H groups in total. The maximum atomic E-state index is 13.7. The summed E-state index contributed by atoms with van der Waals surface area (Å²) in [5.74, 6) is -1.01. The zero-order valence-electron chi connectivity index (χ0n) is 22.5. The molecule has 7 rings (SSSR count). The molecule has 1 aliphatic carbocycles. The van der Waals surface area contributed by atoms with Crippen molar-refractivity contribution in [3.05, 3.63) is 161 Å². The van der Waals surface area contributed by atoms with E-state index in [4.69, 9.17) is 10.1 Å². The van der Waals surface area contributed by atoms with E-state index in [0.717, 1.165) is 22.3 Å². The first-order valence-corrected chi connectivity index (χ1v) is 13.7. The van der Waals surface area contributed by atoms with E-state index in [1.54, 1.807) is 18.3 Å². The fourth-order valence-electron chi connectivity index (χ4n) is 6.04. The molecule has 0 aliphatic heterocycles. The Hall–Kier alpha value is -5.43. The van der Waals surface area contributed by atoms with Gasteiger partial charge in [-0.25, -0.2) is 23.8 Å². The predicted molar refractivity (Wildman–Crippen MR) is 158 cm³/mol. The lowest BCUT2D eigenvalue weighted by Gasteiger charge is -2.38. The van der Waals surface area contributed by atoms with Crippen LogP contribution in [-0.2, 0) is 18.4 Å². The summed E-state index contributed by atoms with van der Waals surface area (Å²) in [7, 11) is 0. The largest absolute Gasteiger partial charge is 0.476 e. The number of halogens is 1. The molecule has 6 aromatic rings. The summed E-state index contributed by atoms with van der Waals surface area (Å²) in [5, 5.41) is 15.3. The minimum absolute atomic E-state index is 0.00441. The van der Waals surface area contributed by atoms with Gasteiger partial charge in [-0.1, -0.05) is 91.0 Å². The van der Waals surface area contributed by atoms with Gasteiger partial charge in [0.1, 0.15) is 11.4 Å². The van der Waals surface area contributed by atoms with E-state index in [9.17, 15) is 14.3 Å². The van der Waals surface area contributed by atoms with Crippen molar-refractivity contribution in [2.24, 2.45) is 0 Å². The number of aromatic carboxylic acids is 1. The Kier molecular flexibility index (Phi) is 6.20. The number of benzene rings is 4. The van der Waals surface area contributed by atoms with Crippen molar-refractivity contribution in [2.75, 3.05) is 0 Å². The molecular weight excluding hydrogens is 527 g/mol. The van der Waals surface area contributed by atoms with Crippen molar-refractivity contribution in [1.29, 1.82) is 0 Å². The second kappa shape index (κ2) is 10.2. The molecule has 42 heavy (non-hydrogen) atoms. The Balaban J connectivity index is 1.61. The van der Waals surface area contributed by atoms with E-state index in [2.05, 4.69) is 4.98 Å². The number of nitrogens with zero attached hydrogens (tertiary/aromatic N) is 4. The number of carboxylic acids is 1. The van der Waals surface area contributed by atoms with Crippen molar-refractivity contribution >= 4 is 5.97 Å². The number of aryl methyl sites for hydroxylation is 1. The van der Waals surface area contributed by atoms with E-state index in [1.165, 1.54) is 12.1 Å². The van der Waals surface area contributed by atoms with E-state index in [-0.39, 0.29) is 11.5 Å². The summed E-state index contributed by atoms with van der Waals surface area (Å²) in [4.78, 5) is 22.3. The van der Waals surface area contributed by atoms with Gasteiger partial charge in [0.15, 0.2) is 11.5 Å². The maximum Gasteiger partial charge on any atom is 0.356 e. The van der Waals surface area contributed by atoms with Crippen LogP contribution in [0.4, 0.5) is 4.39 Å². The van der Waals surface area contributed by atoms with Gasteiger partial charge in [0.2, 0.25) is 0 Å². The molecule has 2 heterocycles. The first-order chi connectivity index (χ1) is 20.6. The molecule has 4 aromatic carbocycles. The van der Waals surface area contributed by atoms with Crippen LogP contribution in [-0.4, -0.2) is 30.8 Å². The minimum Gasteiger partial charge on any atom is -0.476 e. The summed E-state index contributed by atoms with van der Waals surface area (Å²) < 4.78 is 15.6. The Morgan fingerprint density at radius 1 is 0.762 bits per heavy atom. The zero-order chi connectivity index (χ0) is 28.7. The average molecular weight is 553 g/mol. The third-order valence-electron chi connectivity index (χ3n) is 7.91. The highest BCUT2D eigenvalue weighted by atomic mass is 19.1. The molecule has 0 bridgehead atoms. The van der Waals surface area contributed by atoms with Gasteiger partial charge in [-0.05, 0) is 59.4 Å². The van der Waals surface area contributed by atoms with Crippen LogP contribution < -0.4 is 0 Å². The van der Waals surface area contributed by atoms with E-state index >= 15 is 0 Å². The first kappa shape index (κ1) is 25.5. The molecule has 0 amide bonds. The lowest BCUT2D eigenvalue weighted by atomic mass is 9.76. The average Bonchev–Trinajstić information content (AvgIpc) is 3.44. The van der Waals surface area contributed by atoms with E-state index in [1.807, 2.05) is 95.7 Å². The van der Waals surface area contributed by atoms with Crippen molar-refractivity contribution in [2.45, 2.75) is 18.4 Å². The highest BCUT2D eigenvalue weighted by Gasteiger charge is 2.44. The normalized spacial score (nSPS) is 12.4. The molecular formula is C35H25FN4O2. The van der Waals surface area contributed by atoms with Gasteiger partial charge in [0.25, 0.3) is 0 Å². The van der Waals surface area contributed by atoms with Crippen LogP contribution in [0.15, 0.2) is 121 Å². The van der Waals surface area contributed by atoms with Gasteiger partial charge in [0.05, 0.1) is 11.4 Å². The topological polar surface area (TPSA) is 80.9 Å². The van der Waals surface area contributed by atoms with Gasteiger partial charge in [-0.2, -0.15) is 5.10 Å². The minimum atomic E-state index is -1.09. The predicted octanol–water partition coefficient (Wildman–Crippen LogP) is 6.78. The number of hydrogen-bond acceptors (Lipinski definition) is 4. The van der Waals surface area contributed by atoms with Crippen LogP contribution in [0.5, 0.6) is 0 Å². The Morgan fingerprint density at radius 2 is 1.31 bits per heavy atom. The lowest BCUT2D eigenvalue weighted by Crippen LogP contribution is -2.39. The highest BCUT2D eigenvalue weighted by Crippen LogP contribution is 2.46. The van der Waals surface area contributed by atoms with Gasteiger partial charge in [-0.15, -0.1) is 0 Å². The first-order valence-electron chi connectivity index (χ1n) is 13.7. The van der Waals surface area contributed by atoms with Crippen LogP contribution in [0, 0.1) is 5.82 Å². The van der Waals surface area contributed by atoms with Crippen molar-refractivity contribution in [3.8, 4) is 22.8 Å². The molecule has 1 aliphatic rings. The number of carboxylic acid groups (broad SMARTS) is 1. The Morgan fingerprint density at radius 3 is 1.83 bits per heavy atom. The van der Waals surface area contributed by atoms with Gasteiger partial charge < -0.3 is 5.11 Å². The van der Waals surface area contributed by atoms with E-state index < -0.39 is 11.5 Å². The SMILES string of the molecule is O=C(O)c1nn(C(c2ccccc2)(c2ccccc2)c2ccccc2)c2c1CCc1cnc(-c3ccc(F)cc3)nc1-2. The van der Waals surface area contributed by atoms with Gasteiger partial charge in [-0.3, -0.25) is 0 Å². The third kappa shape index (κ3) is 4.01. The molecule has 0 fully saturated rings. The molecule has 0 saturated heterocycles. The molecule has 7 heteroatoms. The highest BCUT2D eigenvalue weighted by molar-refractivity contribution is 5.90. The number of rotatable bonds is 6. The van der Waals surface area contributed by atoms with Gasteiger partial charge in [0, 0.05) is 17.3 Å². The van der Waals surface area contributed by atoms with Crippen molar-refractivity contribution in [3.63, 3.8) is 0 Å². The maximum absolute atomic E-state index is 13.7. The van der Waals surface area contributed by atoms with Crippen LogP contribution in [0.1, 0.15) is 38.3 Å². The third-order valence-corrected chi connectivity index (χ3v) is 7.91. The zero-order valence-corrected chi connectivity index (χ0v) is 22.5. The Bertz CT molecular complexity index is 1810. The summed E-state index contributed by atoms with van der Waals surface area (Å²) in [6.07, 6.45) is 2.85. The van der Waals surface area contributed by atoms with Crippen LogP contribution in [0.2, 0.25) is 0 Å². The number of carbonyl (C=O) groups is 1.